The minimum absolute atomic E-state index is 0.157. The van der Waals surface area contributed by atoms with Crippen LogP contribution in [0.25, 0.3) is 10.2 Å². The fraction of sp³-hybridized carbons (Fsp3) is 0.364. The van der Waals surface area contributed by atoms with E-state index in [0.29, 0.717) is 31.7 Å². The Balaban J connectivity index is 1.48. The van der Waals surface area contributed by atoms with Gasteiger partial charge in [0, 0.05) is 38.0 Å². The standard InChI is InChI=1S/C22H25N3O5S3/c1-15(2)33(29,30)18-6-4-5-16(13-18)21(26)24-9-11-25(12-10-24)22-23-19-8-7-17(32(3,27)28)14-20(19)31-22/h4-8,13-15H,9-12H2,1-3H3. The lowest BCUT2D eigenvalue weighted by Crippen LogP contribution is -2.48. The van der Waals surface area contributed by atoms with Crippen molar-refractivity contribution in [3.8, 4) is 0 Å². The normalized spacial score (nSPS) is 15.4. The molecule has 0 spiro atoms. The Morgan fingerprint density at radius 1 is 0.970 bits per heavy atom. The number of sulfone groups is 2. The van der Waals surface area contributed by atoms with E-state index in [2.05, 4.69) is 9.88 Å². The first-order valence-electron chi connectivity index (χ1n) is 10.5. The molecule has 4 rings (SSSR count). The molecule has 0 radical (unpaired) electrons. The summed E-state index contributed by atoms with van der Waals surface area (Å²) in [5.74, 6) is -0.197. The van der Waals surface area contributed by atoms with E-state index in [0.717, 1.165) is 15.3 Å². The lowest BCUT2D eigenvalue weighted by Gasteiger charge is -2.34. The average Bonchev–Trinajstić information content (AvgIpc) is 3.21. The molecule has 0 atom stereocenters. The Labute approximate surface area is 197 Å². The smallest absolute Gasteiger partial charge is 0.254 e. The highest BCUT2D eigenvalue weighted by Crippen LogP contribution is 2.31. The molecular weight excluding hydrogens is 482 g/mol. The summed E-state index contributed by atoms with van der Waals surface area (Å²) in [6, 6.07) is 11.1. The number of nitrogens with zero attached hydrogens (tertiary/aromatic N) is 3. The van der Waals surface area contributed by atoms with Gasteiger partial charge < -0.3 is 9.80 Å². The van der Waals surface area contributed by atoms with Crippen LogP contribution in [0.4, 0.5) is 5.13 Å². The second-order valence-electron chi connectivity index (χ2n) is 8.30. The molecule has 11 heteroatoms. The molecule has 1 aliphatic rings. The number of hydrogen-bond donors (Lipinski definition) is 0. The van der Waals surface area contributed by atoms with Crippen molar-refractivity contribution in [2.24, 2.45) is 0 Å². The highest BCUT2D eigenvalue weighted by Gasteiger charge is 2.26. The Bertz CT molecular complexity index is 1420. The first kappa shape index (κ1) is 23.7. The van der Waals surface area contributed by atoms with Gasteiger partial charge in [0.1, 0.15) is 0 Å². The Morgan fingerprint density at radius 3 is 2.30 bits per heavy atom. The number of carbonyl (C=O) groups is 1. The topological polar surface area (TPSA) is 105 Å². The summed E-state index contributed by atoms with van der Waals surface area (Å²) in [7, 11) is -6.74. The van der Waals surface area contributed by atoms with Gasteiger partial charge >= 0.3 is 0 Å². The summed E-state index contributed by atoms with van der Waals surface area (Å²) in [5, 5.41) is 0.224. The number of rotatable bonds is 5. The summed E-state index contributed by atoms with van der Waals surface area (Å²) in [4.78, 5) is 21.8. The molecule has 1 amide bonds. The third kappa shape index (κ3) is 4.75. The number of thiazole rings is 1. The predicted molar refractivity (Wildman–Crippen MR) is 130 cm³/mol. The van der Waals surface area contributed by atoms with Gasteiger partial charge in [-0.2, -0.15) is 0 Å². The molecule has 0 unspecified atom stereocenters. The van der Waals surface area contributed by atoms with Gasteiger partial charge in [-0.05, 0) is 50.2 Å². The molecule has 1 aromatic heterocycles. The minimum atomic E-state index is -3.46. The van der Waals surface area contributed by atoms with Crippen LogP contribution in [0, 0.1) is 0 Å². The summed E-state index contributed by atoms with van der Waals surface area (Å²) in [5.41, 5.74) is 1.10. The van der Waals surface area contributed by atoms with Crippen molar-refractivity contribution in [1.29, 1.82) is 0 Å². The quantitative estimate of drug-likeness (QED) is 0.523. The van der Waals surface area contributed by atoms with Crippen molar-refractivity contribution >= 4 is 52.3 Å². The van der Waals surface area contributed by atoms with Crippen LogP contribution in [0.5, 0.6) is 0 Å². The predicted octanol–water partition coefficient (Wildman–Crippen LogP) is 2.84. The van der Waals surface area contributed by atoms with Gasteiger partial charge in [-0.15, -0.1) is 0 Å². The summed E-state index contributed by atoms with van der Waals surface area (Å²) in [6.45, 7) is 5.35. The molecule has 0 saturated carbocycles. The number of aromatic nitrogens is 1. The van der Waals surface area contributed by atoms with Gasteiger partial charge in [-0.25, -0.2) is 21.8 Å². The zero-order valence-electron chi connectivity index (χ0n) is 18.6. The van der Waals surface area contributed by atoms with Crippen LogP contribution in [-0.2, 0) is 19.7 Å². The largest absolute Gasteiger partial charge is 0.345 e. The van der Waals surface area contributed by atoms with Crippen LogP contribution in [-0.4, -0.2) is 70.3 Å². The van der Waals surface area contributed by atoms with Crippen LogP contribution < -0.4 is 4.90 Å². The third-order valence-corrected chi connectivity index (χ3v) is 9.99. The van der Waals surface area contributed by atoms with E-state index in [-0.39, 0.29) is 15.7 Å². The van der Waals surface area contributed by atoms with E-state index in [1.807, 2.05) is 0 Å². The van der Waals surface area contributed by atoms with Crippen molar-refractivity contribution < 1.29 is 21.6 Å². The number of carbonyl (C=O) groups excluding carboxylic acids is 1. The first-order valence-corrected chi connectivity index (χ1v) is 14.7. The molecule has 3 aromatic rings. The lowest BCUT2D eigenvalue weighted by molar-refractivity contribution is 0.0746. The molecular formula is C22H25N3O5S3. The zero-order valence-corrected chi connectivity index (χ0v) is 21.0. The number of benzene rings is 2. The third-order valence-electron chi connectivity index (χ3n) is 5.64. The van der Waals surface area contributed by atoms with Crippen LogP contribution in [0.1, 0.15) is 24.2 Å². The molecule has 0 aliphatic carbocycles. The Morgan fingerprint density at radius 2 is 1.67 bits per heavy atom. The van der Waals surface area contributed by atoms with Crippen LogP contribution in [0.3, 0.4) is 0 Å². The van der Waals surface area contributed by atoms with E-state index in [1.165, 1.54) is 29.7 Å². The molecule has 2 aromatic carbocycles. The maximum Gasteiger partial charge on any atom is 0.254 e. The maximum absolute atomic E-state index is 13.0. The number of anilines is 1. The van der Waals surface area contributed by atoms with E-state index < -0.39 is 24.9 Å². The molecule has 1 saturated heterocycles. The van der Waals surface area contributed by atoms with Crippen molar-refractivity contribution in [2.75, 3.05) is 37.3 Å². The minimum Gasteiger partial charge on any atom is -0.345 e. The second kappa shape index (κ2) is 8.69. The van der Waals surface area contributed by atoms with E-state index in [9.17, 15) is 21.6 Å². The SMILES string of the molecule is CC(C)S(=O)(=O)c1cccc(C(=O)N2CCN(c3nc4ccc(S(C)(=O)=O)cc4s3)CC2)c1. The number of hydrogen-bond acceptors (Lipinski definition) is 8. The number of amides is 1. The molecule has 0 N–H and O–H groups in total. The molecule has 33 heavy (non-hydrogen) atoms. The molecule has 176 valence electrons. The summed E-state index contributed by atoms with van der Waals surface area (Å²) >= 11 is 1.43. The number of fused-ring (bicyclic) bond motifs is 1. The fourth-order valence-corrected chi connectivity index (χ4v) is 6.50. The van der Waals surface area contributed by atoms with Crippen molar-refractivity contribution in [3.05, 3.63) is 48.0 Å². The molecule has 0 bridgehead atoms. The maximum atomic E-state index is 13.0. The highest BCUT2D eigenvalue weighted by atomic mass is 32.2. The van der Waals surface area contributed by atoms with Gasteiger partial charge in [0.2, 0.25) is 0 Å². The second-order valence-corrected chi connectivity index (χ2v) is 13.8. The van der Waals surface area contributed by atoms with E-state index in [1.54, 1.807) is 49.1 Å². The monoisotopic (exact) mass is 507 g/mol. The van der Waals surface area contributed by atoms with Crippen LogP contribution in [0.15, 0.2) is 52.3 Å². The van der Waals surface area contributed by atoms with Crippen molar-refractivity contribution in [1.82, 2.24) is 9.88 Å². The highest BCUT2D eigenvalue weighted by molar-refractivity contribution is 7.92. The summed E-state index contributed by atoms with van der Waals surface area (Å²) in [6.07, 6.45) is 1.18. The lowest BCUT2D eigenvalue weighted by atomic mass is 10.2. The van der Waals surface area contributed by atoms with Crippen molar-refractivity contribution in [3.63, 3.8) is 0 Å². The van der Waals surface area contributed by atoms with Crippen LogP contribution >= 0.6 is 11.3 Å². The molecule has 8 nitrogen and oxygen atoms in total. The van der Waals surface area contributed by atoms with Gasteiger partial charge in [0.15, 0.2) is 24.8 Å². The first-order chi connectivity index (χ1) is 15.5. The van der Waals surface area contributed by atoms with Gasteiger partial charge in [0.25, 0.3) is 5.91 Å². The van der Waals surface area contributed by atoms with Gasteiger partial charge in [-0.1, -0.05) is 17.4 Å². The Kier molecular flexibility index (Phi) is 6.23. The molecule has 1 fully saturated rings. The number of piperazine rings is 1. The average molecular weight is 508 g/mol. The summed E-state index contributed by atoms with van der Waals surface area (Å²) < 4.78 is 49.4. The van der Waals surface area contributed by atoms with Crippen molar-refractivity contribution in [2.45, 2.75) is 28.9 Å². The van der Waals surface area contributed by atoms with E-state index >= 15 is 0 Å². The van der Waals surface area contributed by atoms with Gasteiger partial charge in [0.05, 0.1) is 25.3 Å². The molecule has 1 aliphatic heterocycles. The van der Waals surface area contributed by atoms with Crippen LogP contribution in [0.2, 0.25) is 0 Å². The zero-order chi connectivity index (χ0) is 24.0. The Hall–Kier alpha value is -2.50. The van der Waals surface area contributed by atoms with E-state index in [4.69, 9.17) is 0 Å². The van der Waals surface area contributed by atoms with Gasteiger partial charge in [-0.3, -0.25) is 4.79 Å². The molecule has 2 heterocycles. The fourth-order valence-electron chi connectivity index (χ4n) is 3.62.